The van der Waals surface area contributed by atoms with Crippen LogP contribution in [-0.4, -0.2) is 65.5 Å². The van der Waals surface area contributed by atoms with E-state index in [1.54, 1.807) is 11.3 Å². The Morgan fingerprint density at radius 3 is 2.54 bits per heavy atom. The lowest BCUT2D eigenvalue weighted by atomic mass is 10.1. The van der Waals surface area contributed by atoms with Crippen LogP contribution in [0.5, 0.6) is 0 Å². The van der Waals surface area contributed by atoms with Crippen LogP contribution in [-0.2, 0) is 20.7 Å². The van der Waals surface area contributed by atoms with Crippen LogP contribution in [0.4, 0.5) is 0 Å². The van der Waals surface area contributed by atoms with Crippen molar-refractivity contribution in [2.45, 2.75) is 32.3 Å². The molecule has 4 rings (SSSR count). The molecule has 2 amide bonds. The quantitative estimate of drug-likeness (QED) is 0.793. The summed E-state index contributed by atoms with van der Waals surface area (Å²) in [7, 11) is 0. The summed E-state index contributed by atoms with van der Waals surface area (Å²) in [5, 5.41) is 2.90. The van der Waals surface area contributed by atoms with E-state index in [4.69, 9.17) is 4.74 Å². The minimum absolute atomic E-state index is 0.0740. The Bertz CT molecular complexity index is 835. The van der Waals surface area contributed by atoms with Crippen LogP contribution in [0.15, 0.2) is 29.6 Å². The van der Waals surface area contributed by atoms with Crippen LogP contribution < -0.4 is 0 Å². The Labute approximate surface area is 169 Å². The van der Waals surface area contributed by atoms with Gasteiger partial charge in [-0.25, -0.2) is 4.98 Å². The SMILES string of the molecule is Cc1ccc(-c2nc(CC(=O)N3CCN(C(=O)C4CCCO4)CC3)cs2)cc1. The average molecular weight is 400 g/mol. The molecule has 0 aliphatic carbocycles. The zero-order chi connectivity index (χ0) is 19.5. The highest BCUT2D eigenvalue weighted by atomic mass is 32.1. The standard InChI is InChI=1S/C21H25N3O3S/c1-15-4-6-16(7-5-15)20-22-17(14-28-20)13-19(25)23-8-10-24(11-9-23)21(26)18-3-2-12-27-18/h4-7,14,18H,2-3,8-13H2,1H3. The van der Waals surface area contributed by atoms with Gasteiger partial charge in [0.1, 0.15) is 11.1 Å². The number of rotatable bonds is 4. The number of amides is 2. The molecule has 2 fully saturated rings. The smallest absolute Gasteiger partial charge is 0.251 e. The van der Waals surface area contributed by atoms with Gasteiger partial charge in [0.2, 0.25) is 5.91 Å². The third-order valence-electron chi connectivity index (χ3n) is 5.33. The van der Waals surface area contributed by atoms with Crippen LogP contribution in [0, 0.1) is 6.92 Å². The molecular formula is C21H25N3O3S. The predicted octanol–water partition coefficient (Wildman–Crippen LogP) is 2.51. The van der Waals surface area contributed by atoms with Gasteiger partial charge >= 0.3 is 0 Å². The number of carbonyl (C=O) groups excluding carboxylic acids is 2. The zero-order valence-corrected chi connectivity index (χ0v) is 16.9. The number of aromatic nitrogens is 1. The van der Waals surface area contributed by atoms with E-state index in [0.717, 1.165) is 29.1 Å². The summed E-state index contributed by atoms with van der Waals surface area (Å²) in [5.74, 6) is 0.150. The molecule has 3 heterocycles. The van der Waals surface area contributed by atoms with Gasteiger partial charge in [0.15, 0.2) is 0 Å². The third-order valence-corrected chi connectivity index (χ3v) is 6.27. The summed E-state index contributed by atoms with van der Waals surface area (Å²) < 4.78 is 5.49. The fraction of sp³-hybridized carbons (Fsp3) is 0.476. The lowest BCUT2D eigenvalue weighted by Crippen LogP contribution is -2.53. The molecule has 2 saturated heterocycles. The van der Waals surface area contributed by atoms with Crippen LogP contribution in [0.1, 0.15) is 24.1 Å². The van der Waals surface area contributed by atoms with E-state index in [1.165, 1.54) is 5.56 Å². The van der Waals surface area contributed by atoms with Crippen LogP contribution >= 0.6 is 11.3 Å². The number of hydrogen-bond donors (Lipinski definition) is 0. The van der Waals surface area contributed by atoms with Crippen molar-refractivity contribution in [3.8, 4) is 10.6 Å². The zero-order valence-electron chi connectivity index (χ0n) is 16.1. The number of piperazine rings is 1. The van der Waals surface area contributed by atoms with E-state index in [0.29, 0.717) is 39.2 Å². The van der Waals surface area contributed by atoms with E-state index >= 15 is 0 Å². The van der Waals surface area contributed by atoms with Crippen molar-refractivity contribution in [3.05, 3.63) is 40.9 Å². The van der Waals surface area contributed by atoms with Gasteiger partial charge in [-0.15, -0.1) is 11.3 Å². The molecule has 0 radical (unpaired) electrons. The summed E-state index contributed by atoms with van der Waals surface area (Å²) in [6, 6.07) is 8.26. The summed E-state index contributed by atoms with van der Waals surface area (Å²) in [6.45, 7) is 5.04. The molecule has 2 aliphatic heterocycles. The van der Waals surface area contributed by atoms with E-state index in [1.807, 2.05) is 15.2 Å². The normalized spacial score (nSPS) is 19.8. The van der Waals surface area contributed by atoms with Gasteiger partial charge in [0.25, 0.3) is 5.91 Å². The van der Waals surface area contributed by atoms with Crippen molar-refractivity contribution in [2.24, 2.45) is 0 Å². The maximum atomic E-state index is 12.7. The lowest BCUT2D eigenvalue weighted by molar-refractivity contribution is -0.145. The molecule has 0 saturated carbocycles. The number of aryl methyl sites for hydroxylation is 1. The molecule has 2 aliphatic rings. The van der Waals surface area contributed by atoms with Crippen molar-refractivity contribution in [2.75, 3.05) is 32.8 Å². The van der Waals surface area contributed by atoms with Crippen molar-refractivity contribution in [1.82, 2.24) is 14.8 Å². The van der Waals surface area contributed by atoms with Gasteiger partial charge in [-0.05, 0) is 19.8 Å². The monoisotopic (exact) mass is 399 g/mol. The summed E-state index contributed by atoms with van der Waals surface area (Å²) in [5.41, 5.74) is 3.10. The number of nitrogens with zero attached hydrogens (tertiary/aromatic N) is 3. The van der Waals surface area contributed by atoms with Gasteiger partial charge in [0.05, 0.1) is 12.1 Å². The first-order chi connectivity index (χ1) is 13.6. The van der Waals surface area contributed by atoms with Crippen LogP contribution in [0.2, 0.25) is 0 Å². The topological polar surface area (TPSA) is 62.7 Å². The maximum absolute atomic E-state index is 12.7. The van der Waals surface area contributed by atoms with Gasteiger partial charge in [-0.2, -0.15) is 0 Å². The molecule has 6 nitrogen and oxygen atoms in total. The predicted molar refractivity (Wildman–Crippen MR) is 108 cm³/mol. The second-order valence-corrected chi connectivity index (χ2v) is 8.25. The molecule has 2 aromatic rings. The molecule has 1 aromatic carbocycles. The molecule has 28 heavy (non-hydrogen) atoms. The van der Waals surface area contributed by atoms with E-state index in [9.17, 15) is 9.59 Å². The van der Waals surface area contributed by atoms with Crippen molar-refractivity contribution < 1.29 is 14.3 Å². The number of benzene rings is 1. The first-order valence-electron chi connectivity index (χ1n) is 9.80. The van der Waals surface area contributed by atoms with Crippen molar-refractivity contribution >= 4 is 23.2 Å². The minimum atomic E-state index is -0.280. The van der Waals surface area contributed by atoms with Crippen LogP contribution in [0.3, 0.4) is 0 Å². The number of ether oxygens (including phenoxy) is 1. The molecule has 0 spiro atoms. The Kier molecular flexibility index (Phi) is 5.73. The third kappa shape index (κ3) is 4.25. The molecule has 0 N–H and O–H groups in total. The first kappa shape index (κ1) is 19.1. The minimum Gasteiger partial charge on any atom is -0.368 e. The number of hydrogen-bond acceptors (Lipinski definition) is 5. The molecule has 148 valence electrons. The number of carbonyl (C=O) groups is 2. The molecule has 0 bridgehead atoms. The highest BCUT2D eigenvalue weighted by molar-refractivity contribution is 7.13. The first-order valence-corrected chi connectivity index (χ1v) is 10.7. The van der Waals surface area contributed by atoms with E-state index in [2.05, 4.69) is 36.2 Å². The van der Waals surface area contributed by atoms with E-state index in [-0.39, 0.29) is 17.9 Å². The highest BCUT2D eigenvalue weighted by Gasteiger charge is 2.31. The molecule has 1 aromatic heterocycles. The second kappa shape index (κ2) is 8.41. The maximum Gasteiger partial charge on any atom is 0.251 e. The van der Waals surface area contributed by atoms with E-state index < -0.39 is 0 Å². The molecule has 1 atom stereocenters. The summed E-state index contributed by atoms with van der Waals surface area (Å²) >= 11 is 1.57. The Hall–Kier alpha value is -2.25. The van der Waals surface area contributed by atoms with Crippen molar-refractivity contribution in [3.63, 3.8) is 0 Å². The molecule has 1 unspecified atom stereocenters. The average Bonchev–Trinajstić information content (AvgIpc) is 3.40. The fourth-order valence-corrected chi connectivity index (χ4v) is 4.46. The summed E-state index contributed by atoms with van der Waals surface area (Å²) in [4.78, 5) is 33.4. The Morgan fingerprint density at radius 1 is 1.14 bits per heavy atom. The fourth-order valence-electron chi connectivity index (χ4n) is 3.64. The van der Waals surface area contributed by atoms with Gasteiger partial charge in [-0.1, -0.05) is 29.8 Å². The molecule has 7 heteroatoms. The molecular weight excluding hydrogens is 374 g/mol. The van der Waals surface area contributed by atoms with Gasteiger partial charge in [0, 0.05) is 43.7 Å². The van der Waals surface area contributed by atoms with Gasteiger partial charge in [-0.3, -0.25) is 9.59 Å². The Morgan fingerprint density at radius 2 is 1.86 bits per heavy atom. The largest absolute Gasteiger partial charge is 0.368 e. The number of thiazole rings is 1. The lowest BCUT2D eigenvalue weighted by Gasteiger charge is -2.35. The van der Waals surface area contributed by atoms with Crippen molar-refractivity contribution in [1.29, 1.82) is 0 Å². The highest BCUT2D eigenvalue weighted by Crippen LogP contribution is 2.24. The summed E-state index contributed by atoms with van der Waals surface area (Å²) in [6.07, 6.45) is 1.79. The Balaban J connectivity index is 1.30. The second-order valence-electron chi connectivity index (χ2n) is 7.39. The van der Waals surface area contributed by atoms with Gasteiger partial charge < -0.3 is 14.5 Å². The van der Waals surface area contributed by atoms with Crippen LogP contribution in [0.25, 0.3) is 10.6 Å².